The molecule has 0 saturated heterocycles. The number of benzene rings is 1. The minimum Gasteiger partial charge on any atom is -0.323 e. The fraction of sp³-hybridized carbons (Fsp3) is 0.571. The van der Waals surface area contributed by atoms with E-state index in [1.165, 1.54) is 12.1 Å². The first kappa shape index (κ1) is 15.1. The Morgan fingerprint density at radius 2 is 1.89 bits per heavy atom. The normalized spacial score (nSPS) is 14.0. The third-order valence-electron chi connectivity index (χ3n) is 3.74. The monoisotopic (exact) mass is 256 g/mol. The zero-order valence-electron chi connectivity index (χ0n) is 11.5. The number of hydrogen-bond acceptors (Lipinski definition) is 2. The highest BCUT2D eigenvalue weighted by Gasteiger charge is 2.23. The van der Waals surface area contributed by atoms with Crippen molar-refractivity contribution in [2.24, 2.45) is 5.73 Å². The second kappa shape index (κ2) is 5.76. The molecule has 0 aliphatic carbocycles. The lowest BCUT2D eigenvalue weighted by Gasteiger charge is -2.36. The van der Waals surface area contributed by atoms with E-state index in [9.17, 15) is 8.78 Å². The molecule has 0 amide bonds. The maximum absolute atomic E-state index is 13.1. The van der Waals surface area contributed by atoms with Gasteiger partial charge in [0, 0.05) is 18.1 Å². The maximum Gasteiger partial charge on any atom is 0.159 e. The van der Waals surface area contributed by atoms with Gasteiger partial charge in [0.1, 0.15) is 0 Å². The molecule has 0 bridgehead atoms. The second-order valence-electron chi connectivity index (χ2n) is 5.33. The lowest BCUT2D eigenvalue weighted by Crippen LogP contribution is -2.44. The number of halogens is 2. The van der Waals surface area contributed by atoms with Crippen LogP contribution in [0.5, 0.6) is 0 Å². The van der Waals surface area contributed by atoms with E-state index in [1.807, 2.05) is 7.05 Å². The van der Waals surface area contributed by atoms with Gasteiger partial charge < -0.3 is 5.73 Å². The molecule has 0 saturated carbocycles. The molecule has 18 heavy (non-hydrogen) atoms. The van der Waals surface area contributed by atoms with Gasteiger partial charge in [-0.15, -0.1) is 0 Å². The van der Waals surface area contributed by atoms with Gasteiger partial charge in [-0.25, -0.2) is 8.78 Å². The van der Waals surface area contributed by atoms with Crippen LogP contribution in [0.15, 0.2) is 18.2 Å². The first-order valence-electron chi connectivity index (χ1n) is 6.19. The molecule has 1 rings (SSSR count). The Hall–Kier alpha value is -1.00. The molecule has 4 heteroatoms. The Morgan fingerprint density at radius 1 is 1.28 bits per heavy atom. The molecular weight excluding hydrogens is 234 g/mol. The Bertz CT molecular complexity index is 405. The smallest absolute Gasteiger partial charge is 0.159 e. The van der Waals surface area contributed by atoms with Crippen molar-refractivity contribution in [1.29, 1.82) is 0 Å². The van der Waals surface area contributed by atoms with Crippen LogP contribution >= 0.6 is 0 Å². The predicted octanol–water partition coefficient (Wildman–Crippen LogP) is 3.09. The van der Waals surface area contributed by atoms with Crippen LogP contribution in [0.1, 0.15) is 38.8 Å². The molecule has 2 nitrogen and oxygen atoms in total. The summed E-state index contributed by atoms with van der Waals surface area (Å²) in [5, 5.41) is 0. The number of likely N-dealkylation sites (N-methyl/N-ethyl adjacent to an activating group) is 1. The first-order valence-corrected chi connectivity index (χ1v) is 6.19. The SMILES string of the molecule is CCC(C)(C)N(C)CC(N)c1ccc(F)c(F)c1. The van der Waals surface area contributed by atoms with Crippen molar-refractivity contribution in [3.05, 3.63) is 35.4 Å². The summed E-state index contributed by atoms with van der Waals surface area (Å²) in [6, 6.07) is 3.51. The van der Waals surface area contributed by atoms with Crippen molar-refractivity contribution < 1.29 is 8.78 Å². The molecule has 0 spiro atoms. The maximum atomic E-state index is 13.1. The van der Waals surface area contributed by atoms with E-state index in [0.29, 0.717) is 12.1 Å². The number of hydrogen-bond donors (Lipinski definition) is 1. The second-order valence-corrected chi connectivity index (χ2v) is 5.33. The Labute approximate surface area is 108 Å². The van der Waals surface area contributed by atoms with Crippen molar-refractivity contribution in [2.75, 3.05) is 13.6 Å². The third-order valence-corrected chi connectivity index (χ3v) is 3.74. The average molecular weight is 256 g/mol. The van der Waals surface area contributed by atoms with Crippen LogP contribution in [0.2, 0.25) is 0 Å². The molecule has 1 aromatic rings. The number of rotatable bonds is 5. The lowest BCUT2D eigenvalue weighted by molar-refractivity contribution is 0.142. The van der Waals surface area contributed by atoms with Gasteiger partial charge in [-0.2, -0.15) is 0 Å². The largest absolute Gasteiger partial charge is 0.323 e. The molecule has 0 aliphatic heterocycles. The summed E-state index contributed by atoms with van der Waals surface area (Å²) in [6.45, 7) is 6.97. The number of nitrogens with two attached hydrogens (primary N) is 1. The van der Waals surface area contributed by atoms with Crippen molar-refractivity contribution >= 4 is 0 Å². The van der Waals surface area contributed by atoms with Crippen LogP contribution in [-0.4, -0.2) is 24.0 Å². The van der Waals surface area contributed by atoms with Crippen molar-refractivity contribution in [1.82, 2.24) is 4.90 Å². The zero-order chi connectivity index (χ0) is 13.9. The highest BCUT2D eigenvalue weighted by atomic mass is 19.2. The summed E-state index contributed by atoms with van der Waals surface area (Å²) >= 11 is 0. The van der Waals surface area contributed by atoms with Crippen LogP contribution in [0.4, 0.5) is 8.78 Å². The molecule has 0 radical (unpaired) electrons. The standard InChI is InChI=1S/C14H22F2N2/c1-5-14(2,3)18(4)9-13(17)10-6-7-11(15)12(16)8-10/h6-8,13H,5,9,17H2,1-4H3. The molecule has 102 valence electrons. The van der Waals surface area contributed by atoms with Gasteiger partial charge in [-0.3, -0.25) is 4.90 Å². The summed E-state index contributed by atoms with van der Waals surface area (Å²) in [5.74, 6) is -1.69. The molecule has 0 heterocycles. The molecule has 1 aromatic carbocycles. The molecule has 2 N–H and O–H groups in total. The van der Waals surface area contributed by atoms with E-state index >= 15 is 0 Å². The fourth-order valence-corrected chi connectivity index (χ4v) is 1.66. The van der Waals surface area contributed by atoms with E-state index < -0.39 is 11.6 Å². The molecule has 1 unspecified atom stereocenters. The van der Waals surface area contributed by atoms with Crippen molar-refractivity contribution in [3.63, 3.8) is 0 Å². The van der Waals surface area contributed by atoms with Gasteiger partial charge in [0.2, 0.25) is 0 Å². The van der Waals surface area contributed by atoms with E-state index in [4.69, 9.17) is 5.73 Å². The zero-order valence-corrected chi connectivity index (χ0v) is 11.5. The minimum atomic E-state index is -0.847. The molecule has 0 aromatic heterocycles. The van der Waals surface area contributed by atoms with Crippen LogP contribution < -0.4 is 5.73 Å². The highest BCUT2D eigenvalue weighted by molar-refractivity contribution is 5.21. The Kier molecular flexibility index (Phi) is 4.82. The molecule has 0 fully saturated rings. The van der Waals surface area contributed by atoms with E-state index in [2.05, 4.69) is 25.7 Å². The van der Waals surface area contributed by atoms with Gasteiger partial charge in [0.05, 0.1) is 0 Å². The molecular formula is C14H22F2N2. The molecule has 0 aliphatic rings. The fourth-order valence-electron chi connectivity index (χ4n) is 1.66. The first-order chi connectivity index (χ1) is 8.27. The quantitative estimate of drug-likeness (QED) is 0.877. The predicted molar refractivity (Wildman–Crippen MR) is 70.3 cm³/mol. The topological polar surface area (TPSA) is 29.3 Å². The van der Waals surface area contributed by atoms with Gasteiger partial charge >= 0.3 is 0 Å². The summed E-state index contributed by atoms with van der Waals surface area (Å²) in [7, 11) is 1.99. The summed E-state index contributed by atoms with van der Waals surface area (Å²) in [5.41, 5.74) is 6.69. The lowest BCUT2D eigenvalue weighted by atomic mass is 9.98. The van der Waals surface area contributed by atoms with Crippen molar-refractivity contribution in [3.8, 4) is 0 Å². The Balaban J connectivity index is 2.76. The van der Waals surface area contributed by atoms with Crippen LogP contribution in [-0.2, 0) is 0 Å². The van der Waals surface area contributed by atoms with E-state index in [0.717, 1.165) is 12.5 Å². The van der Waals surface area contributed by atoms with E-state index in [1.54, 1.807) is 0 Å². The van der Waals surface area contributed by atoms with Gasteiger partial charge in [-0.05, 0) is 45.0 Å². The van der Waals surface area contributed by atoms with Crippen LogP contribution in [0.25, 0.3) is 0 Å². The Morgan fingerprint density at radius 3 is 2.39 bits per heavy atom. The number of nitrogens with zero attached hydrogens (tertiary/aromatic N) is 1. The van der Waals surface area contributed by atoms with Gasteiger partial charge in [0.15, 0.2) is 11.6 Å². The average Bonchev–Trinajstić information content (AvgIpc) is 2.32. The summed E-state index contributed by atoms with van der Waals surface area (Å²) < 4.78 is 26.0. The van der Waals surface area contributed by atoms with E-state index in [-0.39, 0.29) is 11.6 Å². The third kappa shape index (κ3) is 3.50. The van der Waals surface area contributed by atoms with Crippen LogP contribution in [0, 0.1) is 11.6 Å². The summed E-state index contributed by atoms with van der Waals surface area (Å²) in [6.07, 6.45) is 0.994. The van der Waals surface area contributed by atoms with Crippen LogP contribution in [0.3, 0.4) is 0 Å². The highest BCUT2D eigenvalue weighted by Crippen LogP contribution is 2.21. The van der Waals surface area contributed by atoms with Gasteiger partial charge in [0.25, 0.3) is 0 Å². The summed E-state index contributed by atoms with van der Waals surface area (Å²) in [4.78, 5) is 2.14. The minimum absolute atomic E-state index is 0.0379. The van der Waals surface area contributed by atoms with Gasteiger partial charge in [-0.1, -0.05) is 13.0 Å². The molecule has 1 atom stereocenters. The van der Waals surface area contributed by atoms with Crippen molar-refractivity contribution in [2.45, 2.75) is 38.8 Å².